The molecule has 0 bridgehead atoms. The molecule has 1 aromatic heterocycles. The van der Waals surface area contributed by atoms with E-state index >= 15 is 0 Å². The summed E-state index contributed by atoms with van der Waals surface area (Å²) in [5.41, 5.74) is 2.07. The number of hydrogen-bond acceptors (Lipinski definition) is 5. The molecule has 0 saturated carbocycles. The molecule has 4 aromatic carbocycles. The third kappa shape index (κ3) is 4.06. The van der Waals surface area contributed by atoms with Crippen LogP contribution in [0.3, 0.4) is 0 Å². The number of carboxylic acid groups (broad SMARTS) is 2. The highest BCUT2D eigenvalue weighted by atomic mass is 32.1. The van der Waals surface area contributed by atoms with Crippen molar-refractivity contribution in [3.63, 3.8) is 0 Å². The molecule has 0 unspecified atom stereocenters. The Labute approximate surface area is 192 Å². The maximum Gasteiger partial charge on any atom is 0.341 e. The number of carbonyl (C=O) groups is 2. The molecule has 6 nitrogen and oxygen atoms in total. The van der Waals surface area contributed by atoms with Gasteiger partial charge in [0.15, 0.2) is 13.2 Å². The zero-order valence-electron chi connectivity index (χ0n) is 17.3. The Kier molecular flexibility index (Phi) is 5.32. The van der Waals surface area contributed by atoms with Gasteiger partial charge in [-0.1, -0.05) is 36.4 Å². The van der Waals surface area contributed by atoms with E-state index in [1.807, 2.05) is 36.4 Å². The molecule has 2 N–H and O–H groups in total. The van der Waals surface area contributed by atoms with Gasteiger partial charge in [0, 0.05) is 20.2 Å². The minimum Gasteiger partial charge on any atom is -0.482 e. The quantitative estimate of drug-likeness (QED) is 0.320. The summed E-state index contributed by atoms with van der Waals surface area (Å²) in [7, 11) is 0. The Morgan fingerprint density at radius 1 is 0.727 bits per heavy atom. The molecule has 7 heteroatoms. The number of hydrogen-bond donors (Lipinski definition) is 2. The van der Waals surface area contributed by atoms with Gasteiger partial charge < -0.3 is 19.7 Å². The number of ether oxygens (including phenoxy) is 2. The summed E-state index contributed by atoms with van der Waals surface area (Å²) >= 11 is 1.63. The standard InChI is InChI=1S/C26H18O6S/c27-23(28)13-31-17-7-5-15(6-8-17)25-19-4-2-1-3-16(19)11-22-26(25)20-10-9-18(12-21(20)33-22)32-14-24(29)30/h1-12H,13-14H2,(H,27,28)(H,29,30). The molecule has 0 atom stereocenters. The molecule has 0 fully saturated rings. The van der Waals surface area contributed by atoms with E-state index in [1.54, 1.807) is 29.5 Å². The monoisotopic (exact) mass is 458 g/mol. The van der Waals surface area contributed by atoms with Crippen LogP contribution in [0.4, 0.5) is 0 Å². The molecule has 5 aromatic rings. The lowest BCUT2D eigenvalue weighted by Crippen LogP contribution is -2.09. The fourth-order valence-electron chi connectivity index (χ4n) is 3.98. The predicted molar refractivity (Wildman–Crippen MR) is 129 cm³/mol. The van der Waals surface area contributed by atoms with Crippen LogP contribution in [-0.4, -0.2) is 35.4 Å². The van der Waals surface area contributed by atoms with E-state index in [2.05, 4.69) is 18.2 Å². The highest BCUT2D eigenvalue weighted by Gasteiger charge is 2.16. The van der Waals surface area contributed by atoms with Crippen molar-refractivity contribution >= 4 is 54.2 Å². The first-order valence-corrected chi connectivity index (χ1v) is 11.0. The van der Waals surface area contributed by atoms with Crippen LogP contribution < -0.4 is 9.47 Å². The maximum atomic E-state index is 10.9. The molecule has 0 saturated heterocycles. The van der Waals surface area contributed by atoms with Gasteiger partial charge in [-0.15, -0.1) is 11.3 Å². The Morgan fingerprint density at radius 2 is 1.39 bits per heavy atom. The van der Waals surface area contributed by atoms with Crippen molar-refractivity contribution in [1.82, 2.24) is 0 Å². The van der Waals surface area contributed by atoms with Crippen LogP contribution in [0.5, 0.6) is 11.5 Å². The predicted octanol–water partition coefficient (Wildman–Crippen LogP) is 5.80. The van der Waals surface area contributed by atoms with Gasteiger partial charge in [0.1, 0.15) is 11.5 Å². The van der Waals surface area contributed by atoms with Crippen molar-refractivity contribution < 1.29 is 29.3 Å². The van der Waals surface area contributed by atoms with E-state index in [-0.39, 0.29) is 13.2 Å². The van der Waals surface area contributed by atoms with E-state index in [0.717, 1.165) is 42.1 Å². The SMILES string of the molecule is O=C(O)COc1ccc(-c2c3ccccc3cc3sc4cc(OCC(=O)O)ccc4c23)cc1. The Morgan fingerprint density at radius 3 is 2.12 bits per heavy atom. The first-order chi connectivity index (χ1) is 16.0. The van der Waals surface area contributed by atoms with Gasteiger partial charge in [-0.05, 0) is 58.3 Å². The molecule has 0 amide bonds. The first-order valence-electron chi connectivity index (χ1n) is 10.2. The average molecular weight is 458 g/mol. The summed E-state index contributed by atoms with van der Waals surface area (Å²) in [6.07, 6.45) is 0. The molecule has 0 aliphatic heterocycles. The van der Waals surface area contributed by atoms with Crippen LogP contribution in [0, 0.1) is 0 Å². The van der Waals surface area contributed by atoms with Crippen molar-refractivity contribution in [3.05, 3.63) is 72.8 Å². The molecular formula is C26H18O6S. The number of fused-ring (bicyclic) bond motifs is 4. The zero-order chi connectivity index (χ0) is 22.9. The van der Waals surface area contributed by atoms with E-state index < -0.39 is 11.9 Å². The molecule has 0 aliphatic carbocycles. The van der Waals surface area contributed by atoms with E-state index in [4.69, 9.17) is 19.7 Å². The Bertz CT molecular complexity index is 1520. The fraction of sp³-hybridized carbons (Fsp3) is 0.0769. The molecule has 0 spiro atoms. The minimum absolute atomic E-state index is 0.387. The lowest BCUT2D eigenvalue weighted by atomic mass is 9.93. The van der Waals surface area contributed by atoms with Gasteiger partial charge >= 0.3 is 11.9 Å². The number of rotatable bonds is 7. The number of benzene rings is 4. The van der Waals surface area contributed by atoms with E-state index in [1.165, 1.54) is 0 Å². The number of carboxylic acids is 2. The van der Waals surface area contributed by atoms with Gasteiger partial charge in [-0.25, -0.2) is 9.59 Å². The lowest BCUT2D eigenvalue weighted by molar-refractivity contribution is -0.140. The summed E-state index contributed by atoms with van der Waals surface area (Å²) in [5.74, 6) is -1.03. The summed E-state index contributed by atoms with van der Waals surface area (Å²) in [4.78, 5) is 21.6. The van der Waals surface area contributed by atoms with Crippen LogP contribution >= 0.6 is 11.3 Å². The van der Waals surface area contributed by atoms with Crippen molar-refractivity contribution in [1.29, 1.82) is 0 Å². The van der Waals surface area contributed by atoms with Crippen molar-refractivity contribution in [3.8, 4) is 22.6 Å². The molecular weight excluding hydrogens is 440 g/mol. The maximum absolute atomic E-state index is 10.9. The second-order valence-electron chi connectivity index (χ2n) is 7.50. The second kappa shape index (κ2) is 8.44. The third-order valence-electron chi connectivity index (χ3n) is 5.32. The highest BCUT2D eigenvalue weighted by molar-refractivity contribution is 7.26. The van der Waals surface area contributed by atoms with E-state index in [0.29, 0.717) is 11.5 Å². The Balaban J connectivity index is 1.69. The molecule has 164 valence electrons. The van der Waals surface area contributed by atoms with Gasteiger partial charge in [-0.2, -0.15) is 0 Å². The molecule has 0 radical (unpaired) electrons. The Hall–Kier alpha value is -4.10. The summed E-state index contributed by atoms with van der Waals surface area (Å²) < 4.78 is 12.8. The van der Waals surface area contributed by atoms with Gasteiger partial charge in [0.05, 0.1) is 0 Å². The van der Waals surface area contributed by atoms with E-state index in [9.17, 15) is 9.59 Å². The van der Waals surface area contributed by atoms with Crippen molar-refractivity contribution in [2.75, 3.05) is 13.2 Å². The second-order valence-corrected chi connectivity index (χ2v) is 8.58. The van der Waals surface area contributed by atoms with Gasteiger partial charge in [0.25, 0.3) is 0 Å². The van der Waals surface area contributed by atoms with Gasteiger partial charge in [-0.3, -0.25) is 0 Å². The van der Waals surface area contributed by atoms with Crippen LogP contribution in [0.25, 0.3) is 42.1 Å². The van der Waals surface area contributed by atoms with Crippen molar-refractivity contribution in [2.24, 2.45) is 0 Å². The summed E-state index contributed by atoms with van der Waals surface area (Å²) in [6.45, 7) is -0.777. The lowest BCUT2D eigenvalue weighted by Gasteiger charge is -2.11. The summed E-state index contributed by atoms with van der Waals surface area (Å²) in [5, 5.41) is 22.1. The largest absolute Gasteiger partial charge is 0.482 e. The number of thiophene rings is 1. The topological polar surface area (TPSA) is 93.1 Å². The van der Waals surface area contributed by atoms with Crippen molar-refractivity contribution in [2.45, 2.75) is 0 Å². The van der Waals surface area contributed by atoms with Crippen LogP contribution in [0.15, 0.2) is 72.8 Å². The van der Waals surface area contributed by atoms with Crippen LogP contribution in [0.1, 0.15) is 0 Å². The third-order valence-corrected chi connectivity index (χ3v) is 6.42. The minimum atomic E-state index is -1.02. The smallest absolute Gasteiger partial charge is 0.341 e. The number of aliphatic carboxylic acids is 2. The fourth-order valence-corrected chi connectivity index (χ4v) is 5.17. The zero-order valence-corrected chi connectivity index (χ0v) is 18.1. The highest BCUT2D eigenvalue weighted by Crippen LogP contribution is 2.45. The normalized spacial score (nSPS) is 11.2. The molecule has 33 heavy (non-hydrogen) atoms. The van der Waals surface area contributed by atoms with Gasteiger partial charge in [0.2, 0.25) is 0 Å². The first kappa shape index (κ1) is 20.8. The van der Waals surface area contributed by atoms with Crippen LogP contribution in [-0.2, 0) is 9.59 Å². The molecule has 5 rings (SSSR count). The molecule has 1 heterocycles. The van der Waals surface area contributed by atoms with Crippen LogP contribution in [0.2, 0.25) is 0 Å². The average Bonchev–Trinajstić information content (AvgIpc) is 3.17. The molecule has 0 aliphatic rings. The summed E-state index contributed by atoms with van der Waals surface area (Å²) in [6, 6.07) is 23.4.